The molecule has 0 fully saturated rings. The SMILES string of the molecule is CCNC(COC(C)C)Cc1cccc(F)c1. The number of likely N-dealkylation sites (N-methyl/N-ethyl adjacent to an activating group) is 1. The van der Waals surface area contributed by atoms with E-state index in [4.69, 9.17) is 4.74 Å². The molecule has 0 saturated heterocycles. The van der Waals surface area contributed by atoms with Crippen molar-refractivity contribution in [2.45, 2.75) is 39.3 Å². The van der Waals surface area contributed by atoms with Crippen LogP contribution >= 0.6 is 0 Å². The fourth-order valence-electron chi connectivity index (χ4n) is 1.74. The van der Waals surface area contributed by atoms with Gasteiger partial charge in [-0.05, 0) is 44.5 Å². The predicted molar refractivity (Wildman–Crippen MR) is 68.7 cm³/mol. The highest BCUT2D eigenvalue weighted by molar-refractivity contribution is 5.17. The van der Waals surface area contributed by atoms with Gasteiger partial charge in [0.15, 0.2) is 0 Å². The molecule has 2 nitrogen and oxygen atoms in total. The first-order valence-corrected chi connectivity index (χ1v) is 6.21. The molecule has 1 rings (SSSR count). The summed E-state index contributed by atoms with van der Waals surface area (Å²) in [5, 5.41) is 3.36. The molecule has 0 aliphatic carbocycles. The lowest BCUT2D eigenvalue weighted by Gasteiger charge is -2.19. The highest BCUT2D eigenvalue weighted by Crippen LogP contribution is 2.07. The molecule has 0 aliphatic rings. The zero-order chi connectivity index (χ0) is 12.7. The smallest absolute Gasteiger partial charge is 0.123 e. The summed E-state index contributed by atoms with van der Waals surface area (Å²) in [5.74, 6) is -0.178. The normalized spacial score (nSPS) is 13.0. The van der Waals surface area contributed by atoms with Gasteiger partial charge in [-0.15, -0.1) is 0 Å². The van der Waals surface area contributed by atoms with E-state index >= 15 is 0 Å². The van der Waals surface area contributed by atoms with Crippen molar-refractivity contribution in [2.75, 3.05) is 13.2 Å². The van der Waals surface area contributed by atoms with Crippen LogP contribution in [0.3, 0.4) is 0 Å². The van der Waals surface area contributed by atoms with Crippen LogP contribution < -0.4 is 5.32 Å². The molecule has 1 unspecified atom stereocenters. The standard InChI is InChI=1S/C14H22FNO/c1-4-16-14(10-17-11(2)3)9-12-6-5-7-13(15)8-12/h5-8,11,14,16H,4,9-10H2,1-3H3. The third kappa shape index (κ3) is 5.80. The predicted octanol–water partition coefficient (Wildman–Crippen LogP) is 2.77. The fourth-order valence-corrected chi connectivity index (χ4v) is 1.74. The van der Waals surface area contributed by atoms with E-state index in [2.05, 4.69) is 12.2 Å². The molecule has 17 heavy (non-hydrogen) atoms. The van der Waals surface area contributed by atoms with Crippen LogP contribution in [-0.4, -0.2) is 25.3 Å². The Morgan fingerprint density at radius 2 is 2.12 bits per heavy atom. The zero-order valence-corrected chi connectivity index (χ0v) is 10.9. The van der Waals surface area contributed by atoms with Crippen molar-refractivity contribution >= 4 is 0 Å². The Morgan fingerprint density at radius 3 is 2.71 bits per heavy atom. The minimum absolute atomic E-state index is 0.178. The highest BCUT2D eigenvalue weighted by Gasteiger charge is 2.10. The summed E-state index contributed by atoms with van der Waals surface area (Å²) in [6.45, 7) is 7.65. The topological polar surface area (TPSA) is 21.3 Å². The molecule has 0 heterocycles. The maximum atomic E-state index is 13.1. The Hall–Kier alpha value is -0.930. The first-order valence-electron chi connectivity index (χ1n) is 6.21. The fraction of sp³-hybridized carbons (Fsp3) is 0.571. The average molecular weight is 239 g/mol. The molecule has 1 aromatic rings. The highest BCUT2D eigenvalue weighted by atomic mass is 19.1. The van der Waals surface area contributed by atoms with Crippen molar-refractivity contribution in [3.63, 3.8) is 0 Å². The molecule has 96 valence electrons. The summed E-state index contributed by atoms with van der Waals surface area (Å²) in [6, 6.07) is 6.99. The van der Waals surface area contributed by atoms with Crippen LogP contribution in [0, 0.1) is 5.82 Å². The molecule has 0 saturated carbocycles. The van der Waals surface area contributed by atoms with Gasteiger partial charge in [0.25, 0.3) is 0 Å². The van der Waals surface area contributed by atoms with Gasteiger partial charge in [-0.2, -0.15) is 0 Å². The largest absolute Gasteiger partial charge is 0.377 e. The van der Waals surface area contributed by atoms with Gasteiger partial charge in [-0.3, -0.25) is 0 Å². The number of nitrogens with one attached hydrogen (secondary N) is 1. The van der Waals surface area contributed by atoms with Crippen molar-refractivity contribution in [3.05, 3.63) is 35.6 Å². The zero-order valence-electron chi connectivity index (χ0n) is 10.9. The summed E-state index contributed by atoms with van der Waals surface area (Å²) in [6.07, 6.45) is 1.02. The van der Waals surface area contributed by atoms with Crippen LogP contribution in [0.15, 0.2) is 24.3 Å². The third-order valence-corrected chi connectivity index (χ3v) is 2.49. The first kappa shape index (κ1) is 14.1. The van der Waals surface area contributed by atoms with Gasteiger partial charge in [0.1, 0.15) is 5.82 Å². The van der Waals surface area contributed by atoms with Gasteiger partial charge < -0.3 is 10.1 Å². The number of hydrogen-bond acceptors (Lipinski definition) is 2. The van der Waals surface area contributed by atoms with E-state index in [1.54, 1.807) is 12.1 Å². The van der Waals surface area contributed by atoms with Crippen molar-refractivity contribution in [1.29, 1.82) is 0 Å². The monoisotopic (exact) mass is 239 g/mol. The maximum absolute atomic E-state index is 13.1. The molecule has 0 spiro atoms. The maximum Gasteiger partial charge on any atom is 0.123 e. The molecule has 0 bridgehead atoms. The van der Waals surface area contributed by atoms with Crippen molar-refractivity contribution < 1.29 is 9.13 Å². The van der Waals surface area contributed by atoms with E-state index < -0.39 is 0 Å². The van der Waals surface area contributed by atoms with E-state index in [9.17, 15) is 4.39 Å². The van der Waals surface area contributed by atoms with E-state index in [0.717, 1.165) is 18.5 Å². The Balaban J connectivity index is 2.53. The van der Waals surface area contributed by atoms with Crippen LogP contribution in [-0.2, 0) is 11.2 Å². The van der Waals surface area contributed by atoms with Gasteiger partial charge >= 0.3 is 0 Å². The van der Waals surface area contributed by atoms with Crippen LogP contribution in [0.2, 0.25) is 0 Å². The molecule has 1 atom stereocenters. The number of hydrogen-bond donors (Lipinski definition) is 1. The number of ether oxygens (including phenoxy) is 1. The second kappa shape index (κ2) is 7.41. The summed E-state index contributed by atoms with van der Waals surface area (Å²) in [4.78, 5) is 0. The quantitative estimate of drug-likeness (QED) is 0.790. The Morgan fingerprint density at radius 1 is 1.35 bits per heavy atom. The van der Waals surface area contributed by atoms with Crippen LogP contribution in [0.4, 0.5) is 4.39 Å². The number of benzene rings is 1. The van der Waals surface area contributed by atoms with E-state index in [1.807, 2.05) is 19.9 Å². The van der Waals surface area contributed by atoms with Gasteiger partial charge in [-0.25, -0.2) is 4.39 Å². The first-order chi connectivity index (χ1) is 8.11. The van der Waals surface area contributed by atoms with E-state index in [-0.39, 0.29) is 18.0 Å². The Kier molecular flexibility index (Phi) is 6.16. The molecule has 3 heteroatoms. The molecule has 1 N–H and O–H groups in total. The summed E-state index contributed by atoms with van der Waals surface area (Å²) in [7, 11) is 0. The molecule has 0 aromatic heterocycles. The second-order valence-corrected chi connectivity index (χ2v) is 4.47. The molecule has 0 radical (unpaired) electrons. The number of rotatable bonds is 7. The lowest BCUT2D eigenvalue weighted by Crippen LogP contribution is -2.36. The molecular weight excluding hydrogens is 217 g/mol. The molecule has 0 amide bonds. The van der Waals surface area contributed by atoms with Crippen LogP contribution in [0.25, 0.3) is 0 Å². The molecule has 1 aromatic carbocycles. The summed E-state index contributed by atoms with van der Waals surface area (Å²) < 4.78 is 18.7. The Labute approximate surface area is 103 Å². The lowest BCUT2D eigenvalue weighted by molar-refractivity contribution is 0.0616. The van der Waals surface area contributed by atoms with Crippen molar-refractivity contribution in [3.8, 4) is 0 Å². The lowest BCUT2D eigenvalue weighted by atomic mass is 10.1. The van der Waals surface area contributed by atoms with E-state index in [1.165, 1.54) is 6.07 Å². The van der Waals surface area contributed by atoms with Gasteiger partial charge in [0.2, 0.25) is 0 Å². The molecule has 0 aliphatic heterocycles. The minimum atomic E-state index is -0.178. The summed E-state index contributed by atoms with van der Waals surface area (Å²) >= 11 is 0. The third-order valence-electron chi connectivity index (χ3n) is 2.49. The van der Waals surface area contributed by atoms with Crippen LogP contribution in [0.5, 0.6) is 0 Å². The van der Waals surface area contributed by atoms with Crippen molar-refractivity contribution in [1.82, 2.24) is 5.32 Å². The van der Waals surface area contributed by atoms with Gasteiger partial charge in [0.05, 0.1) is 12.7 Å². The summed E-state index contributed by atoms with van der Waals surface area (Å²) in [5.41, 5.74) is 1.00. The molecular formula is C14H22FNO. The van der Waals surface area contributed by atoms with Gasteiger partial charge in [-0.1, -0.05) is 19.1 Å². The van der Waals surface area contributed by atoms with Crippen LogP contribution in [0.1, 0.15) is 26.3 Å². The van der Waals surface area contributed by atoms with Gasteiger partial charge in [0, 0.05) is 6.04 Å². The van der Waals surface area contributed by atoms with E-state index in [0.29, 0.717) is 6.61 Å². The Bertz CT molecular complexity index is 328. The second-order valence-electron chi connectivity index (χ2n) is 4.47. The minimum Gasteiger partial charge on any atom is -0.377 e. The average Bonchev–Trinajstić information content (AvgIpc) is 2.26. The van der Waals surface area contributed by atoms with Crippen molar-refractivity contribution in [2.24, 2.45) is 0 Å². The number of halogens is 1.